The summed E-state index contributed by atoms with van der Waals surface area (Å²) in [5.41, 5.74) is 2.71. The van der Waals surface area contributed by atoms with Crippen molar-refractivity contribution in [1.29, 1.82) is 0 Å². The van der Waals surface area contributed by atoms with Crippen LogP contribution in [0.3, 0.4) is 0 Å². The van der Waals surface area contributed by atoms with Crippen LogP contribution >= 0.6 is 0 Å². The second-order valence-corrected chi connectivity index (χ2v) is 5.54. The van der Waals surface area contributed by atoms with Crippen LogP contribution in [0.25, 0.3) is 22.3 Å². The highest BCUT2D eigenvalue weighted by atomic mass is 19.1. The van der Waals surface area contributed by atoms with Crippen molar-refractivity contribution >= 4 is 17.3 Å². The van der Waals surface area contributed by atoms with Gasteiger partial charge in [0.05, 0.1) is 36.8 Å². The molecule has 0 aliphatic rings. The van der Waals surface area contributed by atoms with E-state index in [4.69, 9.17) is 9.47 Å². The molecule has 0 saturated heterocycles. The summed E-state index contributed by atoms with van der Waals surface area (Å²) in [6, 6.07) is 5.28. The molecule has 26 heavy (non-hydrogen) atoms. The Morgan fingerprint density at radius 1 is 1.38 bits per heavy atom. The van der Waals surface area contributed by atoms with Gasteiger partial charge in [-0.3, -0.25) is 14.9 Å². The fraction of sp³-hybridized carbons (Fsp3) is 0.294. The number of aromatic amines is 1. The van der Waals surface area contributed by atoms with Gasteiger partial charge in [-0.25, -0.2) is 9.37 Å². The lowest BCUT2D eigenvalue weighted by molar-refractivity contribution is -0.109. The summed E-state index contributed by atoms with van der Waals surface area (Å²) in [6.45, 7) is 0.0948. The average Bonchev–Trinajstić information content (AvgIpc) is 3.08. The van der Waals surface area contributed by atoms with E-state index in [1.165, 1.54) is 0 Å². The standard InChI is InChI=1S/C17H18FN5O3/c1-25-9-12-6-19-7-16(21-12)17-14-4-13(2-3-15(14)22-23-17)26-8-11(18)5-20-10-24/h2-4,6-7,10-11H,5,8-9H2,1H3,(H,20,24)(H,22,23). The second-order valence-electron chi connectivity index (χ2n) is 5.54. The van der Waals surface area contributed by atoms with E-state index in [9.17, 15) is 9.18 Å². The first kappa shape index (κ1) is 17.7. The molecule has 1 amide bonds. The maximum Gasteiger partial charge on any atom is 0.207 e. The number of nitrogens with zero attached hydrogens (tertiary/aromatic N) is 3. The number of nitrogens with one attached hydrogen (secondary N) is 2. The van der Waals surface area contributed by atoms with Crippen molar-refractivity contribution in [2.75, 3.05) is 20.3 Å². The Morgan fingerprint density at radius 3 is 3.08 bits per heavy atom. The van der Waals surface area contributed by atoms with Gasteiger partial charge in [0, 0.05) is 12.5 Å². The Kier molecular flexibility index (Phi) is 5.69. The van der Waals surface area contributed by atoms with E-state index in [-0.39, 0.29) is 13.2 Å². The normalized spacial score (nSPS) is 12.1. The Bertz CT molecular complexity index is 886. The summed E-state index contributed by atoms with van der Waals surface area (Å²) in [5, 5.41) is 10.3. The number of methoxy groups -OCH3 is 1. The summed E-state index contributed by atoms with van der Waals surface area (Å²) < 4.78 is 24.1. The Hall–Kier alpha value is -3.07. The first-order chi connectivity index (χ1) is 12.7. The monoisotopic (exact) mass is 359 g/mol. The molecular formula is C17H18FN5O3. The zero-order valence-electron chi connectivity index (χ0n) is 14.1. The number of hydrogen-bond donors (Lipinski definition) is 2. The summed E-state index contributed by atoms with van der Waals surface area (Å²) >= 11 is 0. The number of ether oxygens (including phenoxy) is 2. The molecule has 1 aromatic carbocycles. The second kappa shape index (κ2) is 8.34. The number of amides is 1. The smallest absolute Gasteiger partial charge is 0.207 e. The van der Waals surface area contributed by atoms with Crippen LogP contribution in [-0.2, 0) is 16.1 Å². The number of aromatic nitrogens is 4. The van der Waals surface area contributed by atoms with Crippen LogP contribution in [0.5, 0.6) is 5.75 Å². The first-order valence-corrected chi connectivity index (χ1v) is 7.93. The van der Waals surface area contributed by atoms with Crippen LogP contribution in [0.1, 0.15) is 5.69 Å². The summed E-state index contributed by atoms with van der Waals surface area (Å²) in [7, 11) is 1.59. The highest BCUT2D eigenvalue weighted by molar-refractivity contribution is 5.92. The molecule has 2 N–H and O–H groups in total. The van der Waals surface area contributed by atoms with Crippen molar-refractivity contribution < 1.29 is 18.7 Å². The number of fused-ring (bicyclic) bond motifs is 1. The molecule has 0 fully saturated rings. The molecule has 136 valence electrons. The van der Waals surface area contributed by atoms with E-state index in [2.05, 4.69) is 25.5 Å². The molecule has 0 aliphatic heterocycles. The van der Waals surface area contributed by atoms with Gasteiger partial charge in [0.25, 0.3) is 0 Å². The number of carbonyl (C=O) groups is 1. The largest absolute Gasteiger partial charge is 0.490 e. The van der Waals surface area contributed by atoms with Crippen LogP contribution in [-0.4, -0.2) is 53.0 Å². The van der Waals surface area contributed by atoms with Crippen LogP contribution in [0.4, 0.5) is 4.39 Å². The molecule has 0 aliphatic carbocycles. The molecule has 2 aromatic heterocycles. The van der Waals surface area contributed by atoms with Crippen molar-refractivity contribution in [1.82, 2.24) is 25.5 Å². The molecule has 3 aromatic rings. The molecule has 0 spiro atoms. The topological polar surface area (TPSA) is 102 Å². The van der Waals surface area contributed by atoms with Crippen LogP contribution in [0.15, 0.2) is 30.6 Å². The third-order valence-corrected chi connectivity index (χ3v) is 3.61. The predicted octanol–water partition coefficient (Wildman–Crippen LogP) is 1.63. The molecule has 1 unspecified atom stereocenters. The van der Waals surface area contributed by atoms with Crippen LogP contribution < -0.4 is 10.1 Å². The highest BCUT2D eigenvalue weighted by Crippen LogP contribution is 2.28. The molecule has 8 nitrogen and oxygen atoms in total. The minimum Gasteiger partial charge on any atom is -0.490 e. The lowest BCUT2D eigenvalue weighted by Gasteiger charge is -2.10. The summed E-state index contributed by atoms with van der Waals surface area (Å²) in [5.74, 6) is 0.495. The fourth-order valence-corrected chi connectivity index (χ4v) is 2.44. The summed E-state index contributed by atoms with van der Waals surface area (Å²) in [4.78, 5) is 18.8. The van der Waals surface area contributed by atoms with E-state index in [1.54, 1.807) is 37.7 Å². The zero-order valence-corrected chi connectivity index (χ0v) is 14.1. The Morgan fingerprint density at radius 2 is 2.27 bits per heavy atom. The van der Waals surface area contributed by atoms with Gasteiger partial charge in [-0.2, -0.15) is 5.10 Å². The number of rotatable bonds is 9. The van der Waals surface area contributed by atoms with Crippen LogP contribution in [0, 0.1) is 0 Å². The minimum atomic E-state index is -1.30. The molecule has 1 atom stereocenters. The van der Waals surface area contributed by atoms with Gasteiger partial charge in [-0.1, -0.05) is 0 Å². The van der Waals surface area contributed by atoms with Gasteiger partial charge in [-0.15, -0.1) is 0 Å². The van der Waals surface area contributed by atoms with Crippen molar-refractivity contribution in [3.8, 4) is 17.1 Å². The molecule has 0 saturated carbocycles. The van der Waals surface area contributed by atoms with Gasteiger partial charge < -0.3 is 14.8 Å². The van der Waals surface area contributed by atoms with E-state index >= 15 is 0 Å². The van der Waals surface area contributed by atoms with Gasteiger partial charge >= 0.3 is 0 Å². The lowest BCUT2D eigenvalue weighted by Crippen LogP contribution is -2.27. The third kappa shape index (κ3) is 4.12. The maximum absolute atomic E-state index is 13.6. The van der Waals surface area contributed by atoms with E-state index in [1.807, 2.05) is 0 Å². The lowest BCUT2D eigenvalue weighted by atomic mass is 10.1. The van der Waals surface area contributed by atoms with E-state index < -0.39 is 6.17 Å². The zero-order chi connectivity index (χ0) is 18.4. The number of alkyl halides is 1. The highest BCUT2D eigenvalue weighted by Gasteiger charge is 2.13. The molecule has 0 bridgehead atoms. The number of H-pyrrole nitrogens is 1. The van der Waals surface area contributed by atoms with Gasteiger partial charge in [-0.05, 0) is 18.2 Å². The SMILES string of the molecule is COCc1cncc(-c2n[nH]c3ccc(OCC(F)CNC=O)cc23)n1. The third-order valence-electron chi connectivity index (χ3n) is 3.61. The fourth-order valence-electron chi connectivity index (χ4n) is 2.44. The van der Waals surface area contributed by atoms with Crippen molar-refractivity contribution in [2.24, 2.45) is 0 Å². The maximum atomic E-state index is 13.6. The molecule has 9 heteroatoms. The van der Waals surface area contributed by atoms with Gasteiger partial charge in [0.15, 0.2) is 6.17 Å². The molecular weight excluding hydrogens is 341 g/mol. The van der Waals surface area contributed by atoms with Gasteiger partial charge in [0.1, 0.15) is 23.7 Å². The van der Waals surface area contributed by atoms with Crippen molar-refractivity contribution in [3.05, 3.63) is 36.3 Å². The van der Waals surface area contributed by atoms with Crippen molar-refractivity contribution in [2.45, 2.75) is 12.8 Å². The summed E-state index contributed by atoms with van der Waals surface area (Å²) in [6.07, 6.45) is 2.40. The van der Waals surface area contributed by atoms with Crippen molar-refractivity contribution in [3.63, 3.8) is 0 Å². The number of benzene rings is 1. The van der Waals surface area contributed by atoms with Crippen LogP contribution in [0.2, 0.25) is 0 Å². The first-order valence-electron chi connectivity index (χ1n) is 7.93. The number of carbonyl (C=O) groups excluding carboxylic acids is 1. The Labute approximate surface area is 148 Å². The average molecular weight is 359 g/mol. The van der Waals surface area contributed by atoms with Gasteiger partial charge in [0.2, 0.25) is 6.41 Å². The van der Waals surface area contributed by atoms with E-state index in [0.29, 0.717) is 35.8 Å². The number of halogens is 1. The molecule has 2 heterocycles. The Balaban J connectivity index is 1.82. The quantitative estimate of drug-likeness (QED) is 0.563. The molecule has 0 radical (unpaired) electrons. The number of hydrogen-bond acceptors (Lipinski definition) is 6. The minimum absolute atomic E-state index is 0.0927. The molecule has 3 rings (SSSR count). The predicted molar refractivity (Wildman–Crippen MR) is 92.3 cm³/mol. The van der Waals surface area contributed by atoms with E-state index in [0.717, 1.165) is 10.9 Å².